The average Bonchev–Trinajstić information content (AvgIpc) is 3.06. The molecule has 0 amide bonds. The summed E-state index contributed by atoms with van der Waals surface area (Å²) in [6.45, 7) is 12.5. The Bertz CT molecular complexity index is 1160. The molecule has 0 aromatic heterocycles. The third-order valence-corrected chi connectivity index (χ3v) is 11.8. The van der Waals surface area contributed by atoms with E-state index in [1.807, 2.05) is 27.7 Å². The third-order valence-electron chi connectivity index (χ3n) is 11.8. The number of hydrogen-bond donors (Lipinski definition) is 2. The summed E-state index contributed by atoms with van der Waals surface area (Å²) in [4.78, 5) is 38.1. The maximum Gasteiger partial charge on any atom is 0.509 e. The Morgan fingerprint density at radius 3 is 2.21 bits per heavy atom. The number of fused-ring (bicyclic) bond motifs is 5. The van der Waals surface area contributed by atoms with E-state index in [1.54, 1.807) is 13.8 Å². The zero-order chi connectivity index (χ0) is 28.4. The molecule has 4 saturated carbocycles. The SMILES string of the molecule is C[C@@H]1C[C@H]2[C@@H]3C[C@H](F)C4=CC(=O)C=C[C@]4(C)C3(F)[C@@H](O)C[C@]2(C)[C@]1(OC(=O)OC1C(C)(C)C1(C)C)C(=O)O. The number of aliphatic carboxylic acids is 1. The Balaban J connectivity index is 1.54. The molecule has 210 valence electrons. The molecule has 5 aliphatic rings. The van der Waals surface area contributed by atoms with E-state index in [0.717, 1.165) is 6.08 Å². The number of carboxylic acids is 1. The molecule has 2 N–H and O–H groups in total. The molecule has 0 radical (unpaired) electrons. The third kappa shape index (κ3) is 2.94. The van der Waals surface area contributed by atoms with Gasteiger partial charge in [-0.3, -0.25) is 4.79 Å². The largest absolute Gasteiger partial charge is 0.509 e. The van der Waals surface area contributed by atoms with Crippen LogP contribution in [0, 0.1) is 39.4 Å². The maximum absolute atomic E-state index is 17.3. The lowest BCUT2D eigenvalue weighted by molar-refractivity contribution is -0.232. The molecule has 0 heterocycles. The van der Waals surface area contributed by atoms with E-state index in [1.165, 1.54) is 19.1 Å². The number of ether oxygens (including phenoxy) is 2. The zero-order valence-electron chi connectivity index (χ0n) is 23.0. The lowest BCUT2D eigenvalue weighted by Crippen LogP contribution is -2.71. The molecule has 38 heavy (non-hydrogen) atoms. The highest BCUT2D eigenvalue weighted by atomic mass is 19.1. The number of carboxylic acid groups (broad SMARTS) is 1. The summed E-state index contributed by atoms with van der Waals surface area (Å²) in [5, 5.41) is 22.0. The minimum absolute atomic E-state index is 0.00330. The number of ketones is 1. The van der Waals surface area contributed by atoms with Gasteiger partial charge in [-0.15, -0.1) is 0 Å². The van der Waals surface area contributed by atoms with Crippen LogP contribution < -0.4 is 0 Å². The average molecular weight is 537 g/mol. The van der Waals surface area contributed by atoms with E-state index >= 15 is 8.78 Å². The lowest BCUT2D eigenvalue weighted by Gasteiger charge is -2.62. The first-order chi connectivity index (χ1) is 17.3. The molecule has 1 unspecified atom stereocenters. The molecule has 0 aromatic carbocycles. The monoisotopic (exact) mass is 536 g/mol. The second-order valence-electron chi connectivity index (χ2n) is 13.8. The summed E-state index contributed by atoms with van der Waals surface area (Å²) in [5.74, 6) is -4.39. The van der Waals surface area contributed by atoms with Gasteiger partial charge in [0.15, 0.2) is 11.5 Å². The van der Waals surface area contributed by atoms with Crippen LogP contribution in [0.4, 0.5) is 13.6 Å². The van der Waals surface area contributed by atoms with Crippen LogP contribution in [-0.4, -0.2) is 57.8 Å². The molecule has 9 heteroatoms. The Labute approximate surface area is 221 Å². The predicted octanol–water partition coefficient (Wildman–Crippen LogP) is 4.96. The van der Waals surface area contributed by atoms with Crippen LogP contribution in [-0.2, 0) is 19.1 Å². The van der Waals surface area contributed by atoms with Gasteiger partial charge in [-0.05, 0) is 49.8 Å². The summed E-state index contributed by atoms with van der Waals surface area (Å²) in [6.07, 6.45) is -1.76. The van der Waals surface area contributed by atoms with Crippen molar-refractivity contribution in [3.05, 3.63) is 23.8 Å². The number of aliphatic hydroxyl groups is 1. The van der Waals surface area contributed by atoms with Crippen molar-refractivity contribution < 1.29 is 42.9 Å². The molecule has 0 saturated heterocycles. The van der Waals surface area contributed by atoms with Gasteiger partial charge in [0.2, 0.25) is 5.60 Å². The molecule has 9 atom stereocenters. The summed E-state index contributed by atoms with van der Waals surface area (Å²) in [6, 6.07) is 0. The summed E-state index contributed by atoms with van der Waals surface area (Å²) >= 11 is 0. The summed E-state index contributed by atoms with van der Waals surface area (Å²) in [7, 11) is 0. The van der Waals surface area contributed by atoms with Crippen molar-refractivity contribution in [3.63, 3.8) is 0 Å². The molecular weight excluding hydrogens is 498 g/mol. The van der Waals surface area contributed by atoms with E-state index in [4.69, 9.17) is 9.47 Å². The number of carbonyl (C=O) groups is 3. The van der Waals surface area contributed by atoms with Crippen molar-refractivity contribution >= 4 is 17.9 Å². The van der Waals surface area contributed by atoms with Crippen molar-refractivity contribution in [2.45, 2.75) is 97.4 Å². The number of rotatable bonds is 3. The van der Waals surface area contributed by atoms with Crippen LogP contribution in [0.25, 0.3) is 0 Å². The van der Waals surface area contributed by atoms with Gasteiger partial charge >= 0.3 is 12.1 Å². The molecule has 0 spiro atoms. The highest BCUT2D eigenvalue weighted by Gasteiger charge is 2.79. The topological polar surface area (TPSA) is 110 Å². The second kappa shape index (κ2) is 7.67. The highest BCUT2D eigenvalue weighted by Crippen LogP contribution is 2.72. The molecule has 0 bridgehead atoms. The molecular formula is C29H38F2O7. The Morgan fingerprint density at radius 2 is 1.66 bits per heavy atom. The number of carbonyl (C=O) groups excluding carboxylic acids is 2. The molecule has 5 aliphatic carbocycles. The van der Waals surface area contributed by atoms with Gasteiger partial charge in [-0.1, -0.05) is 47.6 Å². The predicted molar refractivity (Wildman–Crippen MR) is 132 cm³/mol. The van der Waals surface area contributed by atoms with Crippen molar-refractivity contribution in [2.75, 3.05) is 0 Å². The summed E-state index contributed by atoms with van der Waals surface area (Å²) < 4.78 is 44.3. The maximum atomic E-state index is 17.3. The van der Waals surface area contributed by atoms with Crippen LogP contribution in [0.2, 0.25) is 0 Å². The van der Waals surface area contributed by atoms with Crippen LogP contribution in [0.3, 0.4) is 0 Å². The van der Waals surface area contributed by atoms with Gasteiger partial charge in [0.1, 0.15) is 12.3 Å². The van der Waals surface area contributed by atoms with Crippen molar-refractivity contribution in [1.29, 1.82) is 0 Å². The van der Waals surface area contributed by atoms with E-state index < -0.39 is 76.1 Å². The summed E-state index contributed by atoms with van der Waals surface area (Å²) in [5.41, 5.74) is -8.09. The number of allylic oxidation sites excluding steroid dienone is 4. The highest BCUT2D eigenvalue weighted by molar-refractivity contribution is 6.01. The van der Waals surface area contributed by atoms with Gasteiger partial charge in [0.05, 0.1) is 6.10 Å². The van der Waals surface area contributed by atoms with E-state index in [-0.39, 0.29) is 35.7 Å². The smallest absolute Gasteiger partial charge is 0.478 e. The zero-order valence-corrected chi connectivity index (χ0v) is 23.0. The molecule has 0 aromatic rings. The fraction of sp³-hybridized carbons (Fsp3) is 0.759. The Hall–Kier alpha value is -2.29. The number of hydrogen-bond acceptors (Lipinski definition) is 6. The van der Waals surface area contributed by atoms with Crippen molar-refractivity contribution in [1.82, 2.24) is 0 Å². The fourth-order valence-corrected chi connectivity index (χ4v) is 8.92. The van der Waals surface area contributed by atoms with Gasteiger partial charge in [0.25, 0.3) is 0 Å². The Kier molecular flexibility index (Phi) is 5.51. The lowest BCUT2D eigenvalue weighted by atomic mass is 9.44. The first-order valence-electron chi connectivity index (χ1n) is 13.4. The van der Waals surface area contributed by atoms with Crippen LogP contribution in [0.1, 0.15) is 67.7 Å². The van der Waals surface area contributed by atoms with Crippen LogP contribution in [0.5, 0.6) is 0 Å². The van der Waals surface area contributed by atoms with Crippen LogP contribution in [0.15, 0.2) is 23.8 Å². The van der Waals surface area contributed by atoms with E-state index in [9.17, 15) is 24.6 Å². The minimum Gasteiger partial charge on any atom is -0.478 e. The fourth-order valence-electron chi connectivity index (χ4n) is 8.92. The van der Waals surface area contributed by atoms with Gasteiger partial charge in [0, 0.05) is 33.5 Å². The van der Waals surface area contributed by atoms with Gasteiger partial charge in [-0.25, -0.2) is 18.4 Å². The van der Waals surface area contributed by atoms with Crippen LogP contribution >= 0.6 is 0 Å². The van der Waals surface area contributed by atoms with Crippen molar-refractivity contribution in [3.8, 4) is 0 Å². The second-order valence-corrected chi connectivity index (χ2v) is 13.8. The first kappa shape index (κ1) is 27.3. The first-order valence-corrected chi connectivity index (χ1v) is 13.4. The normalized spacial score (nSPS) is 48.3. The molecule has 0 aliphatic heterocycles. The van der Waals surface area contributed by atoms with E-state index in [0.29, 0.717) is 0 Å². The Morgan fingerprint density at radius 1 is 1.05 bits per heavy atom. The molecule has 7 nitrogen and oxygen atoms in total. The number of alkyl halides is 2. The number of aliphatic hydroxyl groups excluding tert-OH is 1. The number of halogens is 2. The van der Waals surface area contributed by atoms with Gasteiger partial charge < -0.3 is 19.7 Å². The minimum atomic E-state index is -2.35. The molecule has 5 rings (SSSR count). The quantitative estimate of drug-likeness (QED) is 0.491. The molecule has 4 fully saturated rings. The van der Waals surface area contributed by atoms with Gasteiger partial charge in [-0.2, -0.15) is 0 Å². The van der Waals surface area contributed by atoms with E-state index in [2.05, 4.69) is 0 Å². The standard InChI is InChI=1S/C29H38F2O7/c1-14-10-16-17-12-19(30)18-11-15(32)8-9-26(18,6)28(17,31)20(33)13-27(16,7)29(14,22(34)35)38-23(36)37-21-24(2,3)25(21,4)5/h8-9,11,14,16-17,19-21,33H,10,12-13H2,1-7H3,(H,34,35)/t14-,16+,17+,19+,20+,26+,27+,28?,29-/m1/s1. The van der Waals surface area contributed by atoms with Crippen molar-refractivity contribution in [2.24, 2.45) is 39.4 Å².